The first-order chi connectivity index (χ1) is 8.63. The van der Waals surface area contributed by atoms with Gasteiger partial charge in [0, 0.05) is 24.3 Å². The highest BCUT2D eigenvalue weighted by molar-refractivity contribution is 5.89. The summed E-state index contributed by atoms with van der Waals surface area (Å²) in [5, 5.41) is 8.90. The number of nitrogens with one attached hydrogen (secondary N) is 3. The lowest BCUT2D eigenvalue weighted by atomic mass is 10.0. The van der Waals surface area contributed by atoms with Crippen molar-refractivity contribution >= 4 is 11.7 Å². The molecule has 1 aromatic rings. The number of urea groups is 1. The van der Waals surface area contributed by atoms with Crippen molar-refractivity contribution in [3.8, 4) is 0 Å². The van der Waals surface area contributed by atoms with E-state index < -0.39 is 0 Å². The summed E-state index contributed by atoms with van der Waals surface area (Å²) >= 11 is 0. The topological polar surface area (TPSA) is 53.2 Å². The van der Waals surface area contributed by atoms with Gasteiger partial charge in [0.05, 0.1) is 0 Å². The Kier molecular flexibility index (Phi) is 4.15. The van der Waals surface area contributed by atoms with Gasteiger partial charge in [-0.2, -0.15) is 0 Å². The second kappa shape index (κ2) is 5.82. The van der Waals surface area contributed by atoms with Crippen LogP contribution in [0.3, 0.4) is 0 Å². The molecule has 4 nitrogen and oxygen atoms in total. The standard InChI is InChI=1S/C13H18FN3O/c1-9-2-5-12(8-15-9)17-13(18)16-11-6-3-10(14)4-7-11/h3-4,6-7,9,12,15H,2,5,8H2,1H3,(H2,16,17,18). The second-order valence-corrected chi connectivity index (χ2v) is 4.69. The van der Waals surface area contributed by atoms with Crippen molar-refractivity contribution in [2.45, 2.75) is 31.8 Å². The lowest BCUT2D eigenvalue weighted by Gasteiger charge is -2.28. The van der Waals surface area contributed by atoms with E-state index in [0.29, 0.717) is 11.7 Å². The maximum Gasteiger partial charge on any atom is 0.319 e. The van der Waals surface area contributed by atoms with Gasteiger partial charge in [0.25, 0.3) is 0 Å². The van der Waals surface area contributed by atoms with E-state index in [1.807, 2.05) is 0 Å². The fourth-order valence-electron chi connectivity index (χ4n) is 2.01. The highest BCUT2D eigenvalue weighted by Gasteiger charge is 2.18. The Labute approximate surface area is 106 Å². The van der Waals surface area contributed by atoms with Gasteiger partial charge in [-0.25, -0.2) is 9.18 Å². The number of carbonyl (C=O) groups excluding carboxylic acids is 1. The first-order valence-corrected chi connectivity index (χ1v) is 6.20. The van der Waals surface area contributed by atoms with E-state index in [9.17, 15) is 9.18 Å². The summed E-state index contributed by atoms with van der Waals surface area (Å²) in [6, 6.07) is 6.14. The molecular weight excluding hydrogens is 233 g/mol. The minimum absolute atomic E-state index is 0.154. The van der Waals surface area contributed by atoms with Crippen LogP contribution in [0.5, 0.6) is 0 Å². The minimum Gasteiger partial charge on any atom is -0.334 e. The molecule has 0 saturated carbocycles. The summed E-state index contributed by atoms with van der Waals surface area (Å²) in [5.41, 5.74) is 0.589. The predicted octanol–water partition coefficient (Wildman–Crippen LogP) is 2.09. The average Bonchev–Trinajstić information content (AvgIpc) is 2.35. The Morgan fingerprint density at radius 3 is 2.67 bits per heavy atom. The lowest BCUT2D eigenvalue weighted by Crippen LogP contribution is -2.49. The van der Waals surface area contributed by atoms with Gasteiger partial charge >= 0.3 is 6.03 Å². The number of carbonyl (C=O) groups is 1. The molecule has 1 saturated heterocycles. The average molecular weight is 251 g/mol. The third-order valence-electron chi connectivity index (χ3n) is 3.10. The molecule has 0 spiro atoms. The molecule has 0 aromatic heterocycles. The van der Waals surface area contributed by atoms with Crippen LogP contribution in [0.4, 0.5) is 14.9 Å². The number of benzene rings is 1. The summed E-state index contributed by atoms with van der Waals surface area (Å²) in [6.45, 7) is 2.92. The smallest absolute Gasteiger partial charge is 0.319 e. The maximum absolute atomic E-state index is 12.7. The van der Waals surface area contributed by atoms with Gasteiger partial charge in [-0.15, -0.1) is 0 Å². The Bertz CT molecular complexity index is 399. The molecule has 98 valence electrons. The molecule has 0 bridgehead atoms. The largest absolute Gasteiger partial charge is 0.334 e. The van der Waals surface area contributed by atoms with E-state index in [1.54, 1.807) is 0 Å². The van der Waals surface area contributed by atoms with E-state index in [-0.39, 0.29) is 17.9 Å². The van der Waals surface area contributed by atoms with Crippen molar-refractivity contribution in [3.05, 3.63) is 30.1 Å². The molecule has 2 rings (SSSR count). The van der Waals surface area contributed by atoms with Crippen LogP contribution >= 0.6 is 0 Å². The van der Waals surface area contributed by atoms with Crippen LogP contribution in [0, 0.1) is 5.82 Å². The molecule has 2 atom stereocenters. The number of anilines is 1. The molecule has 1 aliphatic rings. The van der Waals surface area contributed by atoms with Crippen LogP contribution in [0.2, 0.25) is 0 Å². The number of hydrogen-bond donors (Lipinski definition) is 3. The van der Waals surface area contributed by atoms with Crippen LogP contribution in [0.25, 0.3) is 0 Å². The van der Waals surface area contributed by atoms with Gasteiger partial charge in [0.15, 0.2) is 0 Å². The van der Waals surface area contributed by atoms with Gasteiger partial charge in [0.1, 0.15) is 5.82 Å². The van der Waals surface area contributed by atoms with Gasteiger partial charge < -0.3 is 16.0 Å². The van der Waals surface area contributed by atoms with Gasteiger partial charge in [-0.05, 0) is 44.0 Å². The normalized spacial score (nSPS) is 23.4. The number of halogens is 1. The van der Waals surface area contributed by atoms with E-state index in [1.165, 1.54) is 24.3 Å². The van der Waals surface area contributed by atoms with Crippen molar-refractivity contribution in [1.29, 1.82) is 0 Å². The molecule has 2 amide bonds. The zero-order valence-corrected chi connectivity index (χ0v) is 10.4. The fraction of sp³-hybridized carbons (Fsp3) is 0.462. The zero-order valence-electron chi connectivity index (χ0n) is 10.4. The van der Waals surface area contributed by atoms with Gasteiger partial charge in [-0.1, -0.05) is 0 Å². The fourth-order valence-corrected chi connectivity index (χ4v) is 2.01. The third kappa shape index (κ3) is 3.70. The summed E-state index contributed by atoms with van der Waals surface area (Å²) in [4.78, 5) is 11.7. The van der Waals surface area contributed by atoms with Crippen LogP contribution in [0.15, 0.2) is 24.3 Å². The van der Waals surface area contributed by atoms with Crippen LogP contribution < -0.4 is 16.0 Å². The number of piperidine rings is 1. The molecule has 0 aliphatic carbocycles. The molecule has 18 heavy (non-hydrogen) atoms. The molecule has 1 aliphatic heterocycles. The monoisotopic (exact) mass is 251 g/mol. The molecule has 3 N–H and O–H groups in total. The Morgan fingerprint density at radius 2 is 2.06 bits per heavy atom. The molecule has 2 unspecified atom stereocenters. The highest BCUT2D eigenvalue weighted by atomic mass is 19.1. The number of amides is 2. The predicted molar refractivity (Wildman–Crippen MR) is 69.0 cm³/mol. The summed E-state index contributed by atoms with van der Waals surface area (Å²) < 4.78 is 12.7. The van der Waals surface area contributed by atoms with E-state index in [2.05, 4.69) is 22.9 Å². The van der Waals surface area contributed by atoms with Crippen LogP contribution in [0.1, 0.15) is 19.8 Å². The van der Waals surface area contributed by atoms with Gasteiger partial charge in [0.2, 0.25) is 0 Å². The van der Waals surface area contributed by atoms with E-state index >= 15 is 0 Å². The van der Waals surface area contributed by atoms with Crippen LogP contribution in [-0.2, 0) is 0 Å². The summed E-state index contributed by atoms with van der Waals surface area (Å²) in [6.07, 6.45) is 2.03. The van der Waals surface area contributed by atoms with Crippen molar-refractivity contribution in [1.82, 2.24) is 10.6 Å². The summed E-state index contributed by atoms with van der Waals surface area (Å²) in [7, 11) is 0. The van der Waals surface area contributed by atoms with Crippen molar-refractivity contribution < 1.29 is 9.18 Å². The van der Waals surface area contributed by atoms with E-state index in [4.69, 9.17) is 0 Å². The Balaban J connectivity index is 1.80. The molecule has 1 aromatic carbocycles. The number of hydrogen-bond acceptors (Lipinski definition) is 2. The number of rotatable bonds is 2. The SMILES string of the molecule is CC1CCC(NC(=O)Nc2ccc(F)cc2)CN1. The van der Waals surface area contributed by atoms with Gasteiger partial charge in [-0.3, -0.25) is 0 Å². The highest BCUT2D eigenvalue weighted by Crippen LogP contribution is 2.10. The molecule has 5 heteroatoms. The van der Waals surface area contributed by atoms with Crippen molar-refractivity contribution in [3.63, 3.8) is 0 Å². The first-order valence-electron chi connectivity index (χ1n) is 6.20. The quantitative estimate of drug-likeness (QED) is 0.754. The first kappa shape index (κ1) is 12.8. The molecule has 1 heterocycles. The molecule has 1 fully saturated rings. The van der Waals surface area contributed by atoms with Crippen molar-refractivity contribution in [2.75, 3.05) is 11.9 Å². The Hall–Kier alpha value is -1.62. The van der Waals surface area contributed by atoms with E-state index in [0.717, 1.165) is 19.4 Å². The van der Waals surface area contributed by atoms with Crippen LogP contribution in [-0.4, -0.2) is 24.7 Å². The second-order valence-electron chi connectivity index (χ2n) is 4.69. The third-order valence-corrected chi connectivity index (χ3v) is 3.10. The lowest BCUT2D eigenvalue weighted by molar-refractivity contribution is 0.243. The maximum atomic E-state index is 12.7. The zero-order chi connectivity index (χ0) is 13.0. The minimum atomic E-state index is -0.313. The molecular formula is C13H18FN3O. The molecule has 0 radical (unpaired) electrons. The Morgan fingerprint density at radius 1 is 1.33 bits per heavy atom. The van der Waals surface area contributed by atoms with Crippen molar-refractivity contribution in [2.24, 2.45) is 0 Å². The summed E-state index contributed by atoms with van der Waals surface area (Å²) in [5.74, 6) is -0.313.